The number of aromatic hydroxyl groups is 2. The summed E-state index contributed by atoms with van der Waals surface area (Å²) in [4.78, 5) is 33.6. The molecular formula is C15H11NO7. The Labute approximate surface area is 129 Å². The van der Waals surface area contributed by atoms with E-state index in [9.17, 15) is 24.6 Å². The molecule has 2 aromatic rings. The molecule has 0 atom stereocenters. The first-order valence-corrected chi connectivity index (χ1v) is 6.23. The van der Waals surface area contributed by atoms with Crippen LogP contribution in [0.25, 0.3) is 0 Å². The van der Waals surface area contributed by atoms with Gasteiger partial charge in [0.05, 0.1) is 11.1 Å². The quantitative estimate of drug-likeness (QED) is 0.540. The molecule has 0 aliphatic heterocycles. The molecule has 0 aliphatic carbocycles. The van der Waals surface area contributed by atoms with Gasteiger partial charge in [0.2, 0.25) is 0 Å². The molecule has 23 heavy (non-hydrogen) atoms. The van der Waals surface area contributed by atoms with Gasteiger partial charge in [-0.05, 0) is 36.4 Å². The van der Waals surface area contributed by atoms with Gasteiger partial charge in [-0.3, -0.25) is 4.79 Å². The van der Waals surface area contributed by atoms with Gasteiger partial charge in [-0.1, -0.05) is 0 Å². The standard InChI is InChI=1S/C15H11NO7/c17-11-6-10(15(22)23)12(18)5-9(11)13(19)16-8-3-1-7(2-4-8)14(20)21/h1-6,17-18H,(H,16,19)(H,20,21)(H,22,23). The highest BCUT2D eigenvalue weighted by atomic mass is 16.4. The van der Waals surface area contributed by atoms with E-state index in [1.807, 2.05) is 0 Å². The Bertz CT molecular complexity index is 796. The van der Waals surface area contributed by atoms with Crippen molar-refractivity contribution in [2.24, 2.45) is 0 Å². The van der Waals surface area contributed by atoms with E-state index in [0.717, 1.165) is 12.1 Å². The van der Waals surface area contributed by atoms with Crippen molar-refractivity contribution >= 4 is 23.5 Å². The smallest absolute Gasteiger partial charge is 0.339 e. The molecule has 0 bridgehead atoms. The third-order valence-electron chi connectivity index (χ3n) is 2.98. The molecule has 8 nitrogen and oxygen atoms in total. The zero-order valence-electron chi connectivity index (χ0n) is 11.5. The van der Waals surface area contributed by atoms with Crippen LogP contribution in [-0.2, 0) is 0 Å². The van der Waals surface area contributed by atoms with Crippen LogP contribution in [0.1, 0.15) is 31.1 Å². The van der Waals surface area contributed by atoms with Crippen molar-refractivity contribution in [2.75, 3.05) is 5.32 Å². The second kappa shape index (κ2) is 6.06. The molecule has 2 rings (SSSR count). The molecule has 0 saturated heterocycles. The van der Waals surface area contributed by atoms with Crippen LogP contribution in [0.3, 0.4) is 0 Å². The minimum Gasteiger partial charge on any atom is -0.507 e. The maximum atomic E-state index is 12.0. The maximum Gasteiger partial charge on any atom is 0.339 e. The maximum absolute atomic E-state index is 12.0. The molecule has 0 unspecified atom stereocenters. The van der Waals surface area contributed by atoms with Gasteiger partial charge in [-0.15, -0.1) is 0 Å². The molecular weight excluding hydrogens is 306 g/mol. The predicted octanol–water partition coefficient (Wildman–Crippen LogP) is 1.75. The molecule has 5 N–H and O–H groups in total. The first-order valence-electron chi connectivity index (χ1n) is 6.23. The summed E-state index contributed by atoms with van der Waals surface area (Å²) in [6.45, 7) is 0. The predicted molar refractivity (Wildman–Crippen MR) is 78.1 cm³/mol. The summed E-state index contributed by atoms with van der Waals surface area (Å²) >= 11 is 0. The molecule has 0 saturated carbocycles. The second-order valence-corrected chi connectivity index (χ2v) is 4.53. The van der Waals surface area contributed by atoms with Gasteiger partial charge in [0.15, 0.2) is 0 Å². The van der Waals surface area contributed by atoms with Crippen molar-refractivity contribution in [1.82, 2.24) is 0 Å². The van der Waals surface area contributed by atoms with Crippen LogP contribution in [0.2, 0.25) is 0 Å². The number of benzene rings is 2. The minimum absolute atomic E-state index is 0.0364. The monoisotopic (exact) mass is 317 g/mol. The van der Waals surface area contributed by atoms with E-state index in [0.29, 0.717) is 0 Å². The van der Waals surface area contributed by atoms with Crippen LogP contribution in [-0.4, -0.2) is 38.3 Å². The highest BCUT2D eigenvalue weighted by Gasteiger charge is 2.18. The van der Waals surface area contributed by atoms with Crippen LogP contribution in [0.15, 0.2) is 36.4 Å². The van der Waals surface area contributed by atoms with Gasteiger partial charge in [0.1, 0.15) is 17.1 Å². The third kappa shape index (κ3) is 3.38. The molecule has 0 spiro atoms. The third-order valence-corrected chi connectivity index (χ3v) is 2.98. The lowest BCUT2D eigenvalue weighted by molar-refractivity contribution is 0.0683. The van der Waals surface area contributed by atoms with E-state index < -0.39 is 34.9 Å². The Morgan fingerprint density at radius 2 is 1.30 bits per heavy atom. The van der Waals surface area contributed by atoms with E-state index in [1.54, 1.807) is 0 Å². The lowest BCUT2D eigenvalue weighted by atomic mass is 10.1. The van der Waals surface area contributed by atoms with Gasteiger partial charge in [-0.25, -0.2) is 9.59 Å². The van der Waals surface area contributed by atoms with Gasteiger partial charge < -0.3 is 25.7 Å². The Morgan fingerprint density at radius 3 is 1.83 bits per heavy atom. The number of anilines is 1. The number of rotatable bonds is 4. The van der Waals surface area contributed by atoms with E-state index in [4.69, 9.17) is 10.2 Å². The van der Waals surface area contributed by atoms with E-state index in [1.165, 1.54) is 24.3 Å². The van der Waals surface area contributed by atoms with Gasteiger partial charge in [0.25, 0.3) is 5.91 Å². The highest BCUT2D eigenvalue weighted by molar-refractivity contribution is 6.07. The van der Waals surface area contributed by atoms with E-state index in [2.05, 4.69) is 5.32 Å². The van der Waals surface area contributed by atoms with Crippen LogP contribution in [0.4, 0.5) is 5.69 Å². The number of carbonyl (C=O) groups excluding carboxylic acids is 1. The summed E-state index contributed by atoms with van der Waals surface area (Å²) in [7, 11) is 0. The SMILES string of the molecule is O=C(O)c1ccc(NC(=O)c2cc(O)c(C(=O)O)cc2O)cc1. The van der Waals surface area contributed by atoms with Crippen molar-refractivity contribution in [3.8, 4) is 11.5 Å². The van der Waals surface area contributed by atoms with Crippen molar-refractivity contribution < 1.29 is 34.8 Å². The average Bonchev–Trinajstić information content (AvgIpc) is 2.49. The zero-order valence-corrected chi connectivity index (χ0v) is 11.5. The molecule has 0 fully saturated rings. The molecule has 0 heterocycles. The summed E-state index contributed by atoms with van der Waals surface area (Å²) in [5, 5.41) is 39.3. The summed E-state index contributed by atoms with van der Waals surface area (Å²) < 4.78 is 0. The number of amides is 1. The topological polar surface area (TPSA) is 144 Å². The summed E-state index contributed by atoms with van der Waals surface area (Å²) in [5.74, 6) is -4.64. The summed E-state index contributed by atoms with van der Waals surface area (Å²) in [6.07, 6.45) is 0. The highest BCUT2D eigenvalue weighted by Crippen LogP contribution is 2.28. The van der Waals surface area contributed by atoms with E-state index in [-0.39, 0.29) is 16.8 Å². The number of hydrogen-bond acceptors (Lipinski definition) is 5. The lowest BCUT2D eigenvalue weighted by Crippen LogP contribution is -2.13. The number of phenolic OH excluding ortho intramolecular Hbond substituents is 1. The molecule has 0 radical (unpaired) electrons. The fourth-order valence-corrected chi connectivity index (χ4v) is 1.82. The van der Waals surface area contributed by atoms with E-state index >= 15 is 0 Å². The fourth-order valence-electron chi connectivity index (χ4n) is 1.82. The van der Waals surface area contributed by atoms with Gasteiger partial charge >= 0.3 is 11.9 Å². The first-order chi connectivity index (χ1) is 10.8. The number of phenols is 2. The van der Waals surface area contributed by atoms with Gasteiger partial charge in [0, 0.05) is 5.69 Å². The van der Waals surface area contributed by atoms with Crippen LogP contribution in [0, 0.1) is 0 Å². The minimum atomic E-state index is -1.45. The fraction of sp³-hybridized carbons (Fsp3) is 0. The zero-order chi connectivity index (χ0) is 17.1. The summed E-state index contributed by atoms with van der Waals surface area (Å²) in [6, 6.07) is 6.86. The molecule has 0 aliphatic rings. The normalized spacial score (nSPS) is 10.1. The first kappa shape index (κ1) is 15.8. The molecule has 0 aromatic heterocycles. The number of nitrogens with one attached hydrogen (secondary N) is 1. The van der Waals surface area contributed by atoms with Crippen LogP contribution >= 0.6 is 0 Å². The van der Waals surface area contributed by atoms with Crippen molar-refractivity contribution in [1.29, 1.82) is 0 Å². The van der Waals surface area contributed by atoms with Crippen molar-refractivity contribution in [3.05, 3.63) is 53.1 Å². The van der Waals surface area contributed by atoms with Crippen molar-refractivity contribution in [2.45, 2.75) is 0 Å². The van der Waals surface area contributed by atoms with Crippen LogP contribution < -0.4 is 5.32 Å². The number of carboxylic acids is 2. The largest absolute Gasteiger partial charge is 0.507 e. The average molecular weight is 317 g/mol. The number of aromatic carboxylic acids is 2. The second-order valence-electron chi connectivity index (χ2n) is 4.53. The molecule has 118 valence electrons. The number of carbonyl (C=O) groups is 3. The molecule has 2 aromatic carbocycles. The molecule has 1 amide bonds. The lowest BCUT2D eigenvalue weighted by Gasteiger charge is -2.09. The number of carboxylic acid groups (broad SMARTS) is 2. The Morgan fingerprint density at radius 1 is 0.783 bits per heavy atom. The Balaban J connectivity index is 2.25. The Kier molecular flexibility index (Phi) is 4.17. The summed E-state index contributed by atoms with van der Waals surface area (Å²) in [5.41, 5.74) is -0.560. The Hall–Kier alpha value is -3.55. The van der Waals surface area contributed by atoms with Gasteiger partial charge in [-0.2, -0.15) is 0 Å². The molecule has 8 heteroatoms. The van der Waals surface area contributed by atoms with Crippen molar-refractivity contribution in [3.63, 3.8) is 0 Å². The van der Waals surface area contributed by atoms with Crippen LogP contribution in [0.5, 0.6) is 11.5 Å². The number of hydrogen-bond donors (Lipinski definition) is 5.